The molecule has 3 rings (SSSR count). The normalized spacial score (nSPS) is 23.9. The number of anilines is 1. The third-order valence-electron chi connectivity index (χ3n) is 4.33. The molecule has 1 saturated heterocycles. The average Bonchev–Trinajstić information content (AvgIpc) is 3.25. The van der Waals surface area contributed by atoms with E-state index in [0.29, 0.717) is 17.0 Å². The Bertz CT molecular complexity index is 487. The number of nitrogens with one attached hydrogen (secondary N) is 1. The van der Waals surface area contributed by atoms with E-state index in [2.05, 4.69) is 27.2 Å². The summed E-state index contributed by atoms with van der Waals surface area (Å²) in [5.74, 6) is 3.09. The molecule has 20 heavy (non-hydrogen) atoms. The summed E-state index contributed by atoms with van der Waals surface area (Å²) in [6.07, 6.45) is 4.99. The molecule has 1 saturated carbocycles. The van der Waals surface area contributed by atoms with Gasteiger partial charge < -0.3 is 10.2 Å². The molecule has 1 unspecified atom stereocenters. The Morgan fingerprint density at radius 2 is 2.10 bits per heavy atom. The average molecular weight is 295 g/mol. The van der Waals surface area contributed by atoms with Gasteiger partial charge in [-0.05, 0) is 52.1 Å². The van der Waals surface area contributed by atoms with E-state index >= 15 is 0 Å². The van der Waals surface area contributed by atoms with E-state index in [1.807, 2.05) is 6.92 Å². The van der Waals surface area contributed by atoms with Crippen LogP contribution in [0, 0.1) is 12.8 Å². The largest absolute Gasteiger partial charge is 0.369 e. The van der Waals surface area contributed by atoms with E-state index in [0.717, 1.165) is 23.8 Å². The van der Waals surface area contributed by atoms with Gasteiger partial charge in [-0.15, -0.1) is 0 Å². The predicted octanol–water partition coefficient (Wildman–Crippen LogP) is 3.07. The monoisotopic (exact) mass is 294 g/mol. The molecule has 110 valence electrons. The summed E-state index contributed by atoms with van der Waals surface area (Å²) < 4.78 is 0. The van der Waals surface area contributed by atoms with Crippen LogP contribution in [0.15, 0.2) is 0 Å². The first-order valence-corrected chi connectivity index (χ1v) is 7.97. The summed E-state index contributed by atoms with van der Waals surface area (Å²) in [6.45, 7) is 5.36. The number of halogens is 1. The summed E-state index contributed by atoms with van der Waals surface area (Å²) in [7, 11) is 2.20. The summed E-state index contributed by atoms with van der Waals surface area (Å²) in [5, 5.41) is 4.11. The predicted molar refractivity (Wildman–Crippen MR) is 82.5 cm³/mol. The Labute approximate surface area is 125 Å². The SMILES string of the molecule is Cc1c(Cl)nc(C2CC2)nc1NCC1CCCN(C)C1. The lowest BCUT2D eigenvalue weighted by Gasteiger charge is -2.30. The smallest absolute Gasteiger partial charge is 0.137 e. The maximum Gasteiger partial charge on any atom is 0.137 e. The molecule has 1 aromatic heterocycles. The van der Waals surface area contributed by atoms with Crippen LogP contribution in [0.4, 0.5) is 5.82 Å². The minimum absolute atomic E-state index is 0.537. The van der Waals surface area contributed by atoms with Crippen molar-refractivity contribution >= 4 is 17.4 Å². The van der Waals surface area contributed by atoms with Crippen LogP contribution in [0.1, 0.15) is 43.0 Å². The molecular weight excluding hydrogens is 272 g/mol. The van der Waals surface area contributed by atoms with Gasteiger partial charge in [0.1, 0.15) is 16.8 Å². The second-order valence-electron chi connectivity index (χ2n) is 6.27. The van der Waals surface area contributed by atoms with Crippen molar-refractivity contribution in [1.82, 2.24) is 14.9 Å². The molecule has 0 amide bonds. The molecule has 5 heteroatoms. The molecule has 1 aliphatic carbocycles. The topological polar surface area (TPSA) is 41.1 Å². The lowest BCUT2D eigenvalue weighted by atomic mass is 9.98. The molecule has 0 aromatic carbocycles. The first kappa shape index (κ1) is 14.1. The van der Waals surface area contributed by atoms with E-state index in [1.165, 1.54) is 38.8 Å². The molecule has 1 N–H and O–H groups in total. The van der Waals surface area contributed by atoms with Crippen LogP contribution in [-0.2, 0) is 0 Å². The van der Waals surface area contributed by atoms with Crippen molar-refractivity contribution in [3.63, 3.8) is 0 Å². The zero-order valence-corrected chi connectivity index (χ0v) is 13.1. The highest BCUT2D eigenvalue weighted by atomic mass is 35.5. The fourth-order valence-electron chi connectivity index (χ4n) is 2.88. The van der Waals surface area contributed by atoms with Crippen molar-refractivity contribution in [1.29, 1.82) is 0 Å². The number of nitrogens with zero attached hydrogens (tertiary/aromatic N) is 3. The van der Waals surface area contributed by atoms with E-state index in [9.17, 15) is 0 Å². The van der Waals surface area contributed by atoms with Gasteiger partial charge >= 0.3 is 0 Å². The van der Waals surface area contributed by atoms with Crippen molar-refractivity contribution in [3.8, 4) is 0 Å². The Hall–Kier alpha value is -0.870. The van der Waals surface area contributed by atoms with Crippen molar-refractivity contribution in [2.45, 2.75) is 38.5 Å². The highest BCUT2D eigenvalue weighted by Gasteiger charge is 2.28. The zero-order chi connectivity index (χ0) is 14.1. The second-order valence-corrected chi connectivity index (χ2v) is 6.63. The maximum absolute atomic E-state index is 6.24. The Balaban J connectivity index is 1.66. The van der Waals surface area contributed by atoms with Crippen LogP contribution in [-0.4, -0.2) is 41.5 Å². The lowest BCUT2D eigenvalue weighted by molar-refractivity contribution is 0.217. The van der Waals surface area contributed by atoms with E-state index in [4.69, 9.17) is 11.6 Å². The maximum atomic E-state index is 6.24. The minimum Gasteiger partial charge on any atom is -0.369 e. The van der Waals surface area contributed by atoms with E-state index < -0.39 is 0 Å². The quantitative estimate of drug-likeness (QED) is 0.867. The molecule has 4 nitrogen and oxygen atoms in total. The van der Waals surface area contributed by atoms with E-state index in [-0.39, 0.29) is 0 Å². The Morgan fingerprint density at radius 3 is 2.80 bits per heavy atom. The van der Waals surface area contributed by atoms with Gasteiger partial charge in [-0.1, -0.05) is 11.6 Å². The fourth-order valence-corrected chi connectivity index (χ4v) is 3.06. The van der Waals surface area contributed by atoms with Crippen LogP contribution < -0.4 is 5.32 Å². The van der Waals surface area contributed by atoms with E-state index in [1.54, 1.807) is 0 Å². The molecule has 2 heterocycles. The van der Waals surface area contributed by atoms with Gasteiger partial charge in [0.25, 0.3) is 0 Å². The minimum atomic E-state index is 0.537. The molecule has 1 atom stereocenters. The first-order chi connectivity index (χ1) is 9.63. The first-order valence-electron chi connectivity index (χ1n) is 7.60. The van der Waals surface area contributed by atoms with Crippen molar-refractivity contribution in [2.24, 2.45) is 5.92 Å². The van der Waals surface area contributed by atoms with Crippen LogP contribution in [0.2, 0.25) is 5.15 Å². The molecule has 0 radical (unpaired) electrons. The van der Waals surface area contributed by atoms with Crippen LogP contribution in [0.3, 0.4) is 0 Å². The molecule has 1 aromatic rings. The van der Waals surface area contributed by atoms with Gasteiger partial charge in [0.05, 0.1) is 0 Å². The van der Waals surface area contributed by atoms with Gasteiger partial charge in [-0.2, -0.15) is 0 Å². The van der Waals surface area contributed by atoms with Crippen LogP contribution >= 0.6 is 11.6 Å². The summed E-state index contributed by atoms with van der Waals surface area (Å²) in [6, 6.07) is 0. The second kappa shape index (κ2) is 5.86. The van der Waals surface area contributed by atoms with Crippen LogP contribution in [0.5, 0.6) is 0 Å². The van der Waals surface area contributed by atoms with Gasteiger partial charge in [0.15, 0.2) is 0 Å². The summed E-state index contributed by atoms with van der Waals surface area (Å²) >= 11 is 6.24. The highest BCUT2D eigenvalue weighted by molar-refractivity contribution is 6.30. The zero-order valence-electron chi connectivity index (χ0n) is 12.3. The lowest BCUT2D eigenvalue weighted by Crippen LogP contribution is -2.35. The number of aromatic nitrogens is 2. The van der Waals surface area contributed by atoms with Crippen molar-refractivity contribution < 1.29 is 0 Å². The van der Waals surface area contributed by atoms with Crippen molar-refractivity contribution in [2.75, 3.05) is 32.0 Å². The number of rotatable bonds is 4. The molecule has 0 bridgehead atoms. The van der Waals surface area contributed by atoms with Gasteiger partial charge in [-0.3, -0.25) is 0 Å². The van der Waals surface area contributed by atoms with Gasteiger partial charge in [0.2, 0.25) is 0 Å². The third-order valence-corrected chi connectivity index (χ3v) is 4.69. The Kier molecular flexibility index (Phi) is 4.13. The molecule has 2 aliphatic rings. The van der Waals surface area contributed by atoms with Gasteiger partial charge in [-0.25, -0.2) is 9.97 Å². The molecule has 2 fully saturated rings. The number of likely N-dealkylation sites (tertiary alicyclic amines) is 1. The standard InChI is InChI=1S/C15H23ClN4/c1-10-13(16)18-15(12-5-6-12)19-14(10)17-8-11-4-3-7-20(2)9-11/h11-12H,3-9H2,1-2H3,(H,17,18,19). The molecular formula is C15H23ClN4. The van der Waals surface area contributed by atoms with Crippen LogP contribution in [0.25, 0.3) is 0 Å². The fraction of sp³-hybridized carbons (Fsp3) is 0.733. The third kappa shape index (κ3) is 3.23. The highest BCUT2D eigenvalue weighted by Crippen LogP contribution is 2.39. The van der Waals surface area contributed by atoms with Gasteiger partial charge in [0, 0.05) is 24.6 Å². The molecule has 1 aliphatic heterocycles. The Morgan fingerprint density at radius 1 is 1.30 bits per heavy atom. The molecule has 0 spiro atoms. The number of piperidine rings is 1. The summed E-state index contributed by atoms with van der Waals surface area (Å²) in [5.41, 5.74) is 0.972. The summed E-state index contributed by atoms with van der Waals surface area (Å²) in [4.78, 5) is 11.5. The number of hydrogen-bond donors (Lipinski definition) is 1. The van der Waals surface area contributed by atoms with Crippen molar-refractivity contribution in [3.05, 3.63) is 16.5 Å². The number of hydrogen-bond acceptors (Lipinski definition) is 4.